The molecule has 0 spiro atoms. The molecule has 0 unspecified atom stereocenters. The van der Waals surface area contributed by atoms with E-state index in [0.29, 0.717) is 5.17 Å². The number of amidine groups is 1. The standard InChI is InChI=1S/C15H17IN2O3S2/c1-9(2)14(19)17-15-18(11-6-4-3-5-10(11)16)12-7-23(20,21)8-13(12)22-15/h3-6,9,12-13H,7-8H2,1-2H3/t12-,13-/m1/s1. The van der Waals surface area contributed by atoms with Gasteiger partial charge in [-0.05, 0) is 34.7 Å². The maximum atomic E-state index is 12.1. The van der Waals surface area contributed by atoms with Gasteiger partial charge in [0.05, 0.1) is 23.2 Å². The van der Waals surface area contributed by atoms with Crippen molar-refractivity contribution >= 4 is 61.0 Å². The number of para-hydroxylation sites is 1. The summed E-state index contributed by atoms with van der Waals surface area (Å²) in [6, 6.07) is 7.62. The predicted molar refractivity (Wildman–Crippen MR) is 103 cm³/mol. The lowest BCUT2D eigenvalue weighted by atomic mass is 10.2. The van der Waals surface area contributed by atoms with Crippen LogP contribution in [0, 0.1) is 9.49 Å². The minimum Gasteiger partial charge on any atom is -0.315 e. The number of aliphatic imine (C=N–C) groups is 1. The average molecular weight is 464 g/mol. The Hall–Kier alpha value is -0.610. The smallest absolute Gasteiger partial charge is 0.250 e. The number of nitrogens with zero attached hydrogens (tertiary/aromatic N) is 2. The second-order valence-electron chi connectivity index (χ2n) is 6.01. The highest BCUT2D eigenvalue weighted by Gasteiger charge is 2.49. The SMILES string of the molecule is CC(C)C(=O)N=C1S[C@@H]2CS(=O)(=O)C[C@H]2N1c1ccccc1I. The first-order valence-corrected chi connectivity index (χ1v) is 11.1. The van der Waals surface area contributed by atoms with Crippen LogP contribution in [0.25, 0.3) is 0 Å². The van der Waals surface area contributed by atoms with Gasteiger partial charge in [-0.3, -0.25) is 4.79 Å². The summed E-state index contributed by atoms with van der Waals surface area (Å²) < 4.78 is 25.0. The van der Waals surface area contributed by atoms with Crippen molar-refractivity contribution in [2.24, 2.45) is 10.9 Å². The Kier molecular flexibility index (Phi) is 4.76. The van der Waals surface area contributed by atoms with Crippen molar-refractivity contribution < 1.29 is 13.2 Å². The number of carbonyl (C=O) groups excluding carboxylic acids is 1. The lowest BCUT2D eigenvalue weighted by Crippen LogP contribution is -2.38. The third kappa shape index (κ3) is 3.43. The van der Waals surface area contributed by atoms with Crippen LogP contribution in [0.4, 0.5) is 5.69 Å². The molecule has 0 radical (unpaired) electrons. The fraction of sp³-hybridized carbons (Fsp3) is 0.467. The summed E-state index contributed by atoms with van der Waals surface area (Å²) in [6.45, 7) is 3.63. The quantitative estimate of drug-likeness (QED) is 0.630. The first-order chi connectivity index (χ1) is 10.8. The van der Waals surface area contributed by atoms with Crippen molar-refractivity contribution in [3.8, 4) is 0 Å². The fourth-order valence-electron chi connectivity index (χ4n) is 2.72. The van der Waals surface area contributed by atoms with Gasteiger partial charge < -0.3 is 4.90 Å². The zero-order chi connectivity index (χ0) is 16.8. The largest absolute Gasteiger partial charge is 0.315 e. The average Bonchev–Trinajstić information content (AvgIpc) is 2.91. The van der Waals surface area contributed by atoms with Crippen molar-refractivity contribution in [2.45, 2.75) is 25.1 Å². The van der Waals surface area contributed by atoms with E-state index in [1.54, 1.807) is 0 Å². The zero-order valence-electron chi connectivity index (χ0n) is 12.8. The van der Waals surface area contributed by atoms with Crippen LogP contribution in [-0.4, -0.2) is 42.3 Å². The van der Waals surface area contributed by atoms with E-state index < -0.39 is 9.84 Å². The number of benzene rings is 1. The Bertz CT molecular complexity index is 777. The van der Waals surface area contributed by atoms with Crippen LogP contribution in [0.2, 0.25) is 0 Å². The predicted octanol–water partition coefficient (Wildman–Crippen LogP) is 2.55. The highest BCUT2D eigenvalue weighted by molar-refractivity contribution is 14.1. The number of rotatable bonds is 2. The molecule has 0 aromatic heterocycles. The molecule has 2 saturated heterocycles. The minimum atomic E-state index is -3.03. The molecular formula is C15H17IN2O3S2. The van der Waals surface area contributed by atoms with Crippen LogP contribution in [-0.2, 0) is 14.6 Å². The molecule has 2 heterocycles. The van der Waals surface area contributed by atoms with Gasteiger partial charge in [-0.1, -0.05) is 37.7 Å². The maximum Gasteiger partial charge on any atom is 0.250 e. The minimum absolute atomic E-state index is 0.0604. The van der Waals surface area contributed by atoms with E-state index in [2.05, 4.69) is 27.6 Å². The van der Waals surface area contributed by atoms with E-state index in [0.717, 1.165) is 9.26 Å². The molecule has 2 aliphatic heterocycles. The molecule has 0 bridgehead atoms. The van der Waals surface area contributed by atoms with Gasteiger partial charge in [-0.25, -0.2) is 8.42 Å². The first kappa shape index (κ1) is 17.2. The van der Waals surface area contributed by atoms with Crippen LogP contribution in [0.5, 0.6) is 0 Å². The van der Waals surface area contributed by atoms with Crippen molar-refractivity contribution in [3.63, 3.8) is 0 Å². The van der Waals surface area contributed by atoms with Gasteiger partial charge in [0, 0.05) is 14.7 Å². The normalized spacial score (nSPS) is 27.7. The second kappa shape index (κ2) is 6.36. The Balaban J connectivity index is 2.05. The number of anilines is 1. The van der Waals surface area contributed by atoms with E-state index in [1.807, 2.05) is 43.0 Å². The summed E-state index contributed by atoms with van der Waals surface area (Å²) >= 11 is 3.64. The molecule has 2 aliphatic rings. The monoisotopic (exact) mass is 464 g/mol. The number of hydrogen-bond donors (Lipinski definition) is 0. The van der Waals surface area contributed by atoms with Crippen LogP contribution in [0.1, 0.15) is 13.8 Å². The van der Waals surface area contributed by atoms with Gasteiger partial charge in [0.25, 0.3) is 5.91 Å². The lowest BCUT2D eigenvalue weighted by molar-refractivity contribution is -0.120. The van der Waals surface area contributed by atoms with Crippen molar-refractivity contribution in [2.75, 3.05) is 16.4 Å². The third-order valence-corrected chi connectivity index (χ3v) is 8.00. The number of hydrogen-bond acceptors (Lipinski definition) is 4. The highest BCUT2D eigenvalue weighted by Crippen LogP contribution is 2.42. The molecule has 1 aromatic rings. The molecule has 3 rings (SSSR count). The highest BCUT2D eigenvalue weighted by atomic mass is 127. The Labute approximate surface area is 154 Å². The van der Waals surface area contributed by atoms with Gasteiger partial charge in [-0.15, -0.1) is 0 Å². The Morgan fingerprint density at radius 1 is 1.35 bits per heavy atom. The van der Waals surface area contributed by atoms with E-state index in [-0.39, 0.29) is 34.6 Å². The van der Waals surface area contributed by atoms with Gasteiger partial charge in [0.1, 0.15) is 0 Å². The van der Waals surface area contributed by atoms with E-state index in [1.165, 1.54) is 11.8 Å². The van der Waals surface area contributed by atoms with E-state index >= 15 is 0 Å². The lowest BCUT2D eigenvalue weighted by Gasteiger charge is -2.25. The summed E-state index contributed by atoms with van der Waals surface area (Å²) in [5.74, 6) is -0.0861. The van der Waals surface area contributed by atoms with Gasteiger partial charge in [0.2, 0.25) is 0 Å². The molecule has 1 amide bonds. The molecular weight excluding hydrogens is 447 g/mol. The summed E-state index contributed by atoms with van der Waals surface area (Å²) in [4.78, 5) is 18.3. The van der Waals surface area contributed by atoms with Gasteiger partial charge >= 0.3 is 0 Å². The number of thioether (sulfide) groups is 1. The molecule has 5 nitrogen and oxygen atoms in total. The van der Waals surface area contributed by atoms with Crippen molar-refractivity contribution in [1.29, 1.82) is 0 Å². The topological polar surface area (TPSA) is 66.8 Å². The fourth-order valence-corrected chi connectivity index (χ4v) is 7.28. The van der Waals surface area contributed by atoms with Crippen molar-refractivity contribution in [3.05, 3.63) is 27.8 Å². The number of fused-ring (bicyclic) bond motifs is 1. The van der Waals surface area contributed by atoms with Gasteiger partial charge in [0.15, 0.2) is 15.0 Å². The van der Waals surface area contributed by atoms with Crippen molar-refractivity contribution in [1.82, 2.24) is 0 Å². The summed E-state index contributed by atoms with van der Waals surface area (Å²) in [6.07, 6.45) is 0. The van der Waals surface area contributed by atoms with E-state index in [9.17, 15) is 13.2 Å². The molecule has 0 N–H and O–H groups in total. The maximum absolute atomic E-state index is 12.1. The van der Waals surface area contributed by atoms with E-state index in [4.69, 9.17) is 0 Å². The van der Waals surface area contributed by atoms with Crippen LogP contribution < -0.4 is 4.90 Å². The Morgan fingerprint density at radius 3 is 2.70 bits per heavy atom. The molecule has 23 heavy (non-hydrogen) atoms. The Morgan fingerprint density at radius 2 is 2.04 bits per heavy atom. The first-order valence-electron chi connectivity index (χ1n) is 7.32. The van der Waals surface area contributed by atoms with Crippen LogP contribution in [0.3, 0.4) is 0 Å². The molecule has 2 fully saturated rings. The number of halogens is 1. The number of carbonyl (C=O) groups is 1. The number of amides is 1. The molecule has 8 heteroatoms. The number of sulfone groups is 1. The van der Waals surface area contributed by atoms with Crippen LogP contribution in [0.15, 0.2) is 29.3 Å². The summed E-state index contributed by atoms with van der Waals surface area (Å²) in [5, 5.41) is 0.562. The molecule has 124 valence electrons. The molecule has 1 aromatic carbocycles. The summed E-state index contributed by atoms with van der Waals surface area (Å²) in [7, 11) is -3.03. The molecule has 2 atom stereocenters. The summed E-state index contributed by atoms with van der Waals surface area (Å²) in [5.41, 5.74) is 0.917. The van der Waals surface area contributed by atoms with Crippen LogP contribution >= 0.6 is 34.4 Å². The third-order valence-electron chi connectivity index (χ3n) is 3.88. The second-order valence-corrected chi connectivity index (χ2v) is 10.5. The molecule has 0 saturated carbocycles. The zero-order valence-corrected chi connectivity index (χ0v) is 16.6. The molecule has 0 aliphatic carbocycles. The van der Waals surface area contributed by atoms with Gasteiger partial charge in [-0.2, -0.15) is 4.99 Å².